The number of nitrogens with one attached hydrogen (secondary N) is 2. The zero-order valence-corrected chi connectivity index (χ0v) is 13.9. The molecule has 27 heavy (non-hydrogen) atoms. The third-order valence-corrected chi connectivity index (χ3v) is 3.41. The van der Waals surface area contributed by atoms with Gasteiger partial charge in [0.15, 0.2) is 0 Å². The summed E-state index contributed by atoms with van der Waals surface area (Å²) in [6.45, 7) is 1.89. The fraction of sp³-hybridized carbons (Fsp3) is 0.167. The van der Waals surface area contributed by atoms with Crippen LogP contribution in [0.25, 0.3) is 6.08 Å². The van der Waals surface area contributed by atoms with E-state index in [2.05, 4.69) is 5.32 Å². The third-order valence-electron chi connectivity index (χ3n) is 3.41. The van der Waals surface area contributed by atoms with E-state index in [-0.39, 0.29) is 6.07 Å². The lowest BCUT2D eigenvalue weighted by atomic mass is 10.1. The zero-order chi connectivity index (χ0) is 20.2. The molecule has 0 radical (unpaired) electrons. The standard InChI is InChI=1S/C18H14F6N2O/c1-11-2-4-12(5-3-11)6-7-25-16(27)26-15-9-13(17(19,20)21)8-14(10-15)18(22,23)24/h2-10H,1H3,(H2,25,26,27)/b7-6+. The van der Waals surface area contributed by atoms with Gasteiger partial charge >= 0.3 is 18.4 Å². The highest BCUT2D eigenvalue weighted by molar-refractivity contribution is 5.90. The number of alkyl halides is 6. The molecule has 2 amide bonds. The predicted octanol–water partition coefficient (Wildman–Crippen LogP) is 5.83. The van der Waals surface area contributed by atoms with Crippen LogP contribution in [0.15, 0.2) is 48.7 Å². The van der Waals surface area contributed by atoms with E-state index >= 15 is 0 Å². The molecule has 0 unspecified atom stereocenters. The minimum absolute atomic E-state index is 0.0135. The minimum atomic E-state index is -4.99. The maximum Gasteiger partial charge on any atom is 0.416 e. The van der Waals surface area contributed by atoms with Gasteiger partial charge < -0.3 is 10.6 Å². The molecule has 2 N–H and O–H groups in total. The zero-order valence-electron chi connectivity index (χ0n) is 13.9. The molecule has 0 fully saturated rings. The first kappa shape index (κ1) is 20.3. The van der Waals surface area contributed by atoms with Crippen molar-refractivity contribution in [2.75, 3.05) is 5.32 Å². The van der Waals surface area contributed by atoms with Crippen LogP contribution in [0, 0.1) is 6.92 Å². The number of aryl methyl sites for hydroxylation is 1. The molecule has 0 atom stereocenters. The summed E-state index contributed by atoms with van der Waals surface area (Å²) in [4.78, 5) is 11.7. The average molecular weight is 388 g/mol. The van der Waals surface area contributed by atoms with Crippen molar-refractivity contribution in [3.05, 3.63) is 70.9 Å². The van der Waals surface area contributed by atoms with Crippen LogP contribution in [0.1, 0.15) is 22.3 Å². The summed E-state index contributed by atoms with van der Waals surface area (Å²) in [5.74, 6) is 0. The smallest absolute Gasteiger partial charge is 0.314 e. The number of hydrogen-bond donors (Lipinski definition) is 2. The first-order valence-electron chi connectivity index (χ1n) is 7.55. The van der Waals surface area contributed by atoms with Gasteiger partial charge in [0.1, 0.15) is 0 Å². The second-order valence-corrected chi connectivity index (χ2v) is 5.64. The maximum absolute atomic E-state index is 12.8. The Bertz CT molecular complexity index is 806. The van der Waals surface area contributed by atoms with Crippen LogP contribution in [0.4, 0.5) is 36.8 Å². The Hall–Kier alpha value is -2.97. The Balaban J connectivity index is 2.13. The quantitative estimate of drug-likeness (QED) is 0.639. The highest BCUT2D eigenvalue weighted by Crippen LogP contribution is 2.37. The van der Waals surface area contributed by atoms with Crippen LogP contribution >= 0.6 is 0 Å². The topological polar surface area (TPSA) is 41.1 Å². The van der Waals surface area contributed by atoms with Crippen LogP contribution in [-0.2, 0) is 12.4 Å². The lowest BCUT2D eigenvalue weighted by molar-refractivity contribution is -0.143. The summed E-state index contributed by atoms with van der Waals surface area (Å²) < 4.78 is 76.7. The van der Waals surface area contributed by atoms with Gasteiger partial charge in [0.2, 0.25) is 0 Å². The Kier molecular flexibility index (Phi) is 5.82. The molecule has 3 nitrogen and oxygen atoms in total. The second kappa shape index (κ2) is 7.73. The normalized spacial score (nSPS) is 12.3. The molecule has 2 aromatic carbocycles. The summed E-state index contributed by atoms with van der Waals surface area (Å²) >= 11 is 0. The molecule has 0 bridgehead atoms. The van der Waals surface area contributed by atoms with Crippen LogP contribution in [0.2, 0.25) is 0 Å². The van der Waals surface area contributed by atoms with Crippen molar-refractivity contribution in [1.29, 1.82) is 0 Å². The van der Waals surface area contributed by atoms with Crippen LogP contribution in [0.3, 0.4) is 0 Å². The maximum atomic E-state index is 12.8. The summed E-state index contributed by atoms with van der Waals surface area (Å²) in [6.07, 6.45) is -7.23. The second-order valence-electron chi connectivity index (χ2n) is 5.64. The molecule has 2 aromatic rings. The van der Waals surface area contributed by atoms with Crippen molar-refractivity contribution in [3.8, 4) is 0 Å². The molecule has 0 heterocycles. The number of urea groups is 1. The van der Waals surface area contributed by atoms with E-state index in [1.807, 2.05) is 24.4 Å². The Labute approximate surface area is 150 Å². The number of halogens is 6. The molecular formula is C18H14F6N2O. The number of carbonyl (C=O) groups excluding carboxylic acids is 1. The molecule has 0 aliphatic rings. The molecule has 0 aliphatic heterocycles. The van der Waals surface area contributed by atoms with Crippen molar-refractivity contribution >= 4 is 17.8 Å². The SMILES string of the molecule is Cc1ccc(/C=C/NC(=O)Nc2cc(C(F)(F)F)cc(C(F)(F)F)c2)cc1. The van der Waals surface area contributed by atoms with E-state index < -0.39 is 35.2 Å². The Morgan fingerprint density at radius 1 is 0.889 bits per heavy atom. The molecule has 9 heteroatoms. The van der Waals surface area contributed by atoms with Gasteiger partial charge in [-0.1, -0.05) is 29.8 Å². The van der Waals surface area contributed by atoms with Gasteiger partial charge in [0, 0.05) is 11.9 Å². The third kappa shape index (κ3) is 6.05. The molecule has 144 valence electrons. The van der Waals surface area contributed by atoms with E-state index in [0.29, 0.717) is 12.1 Å². The lowest BCUT2D eigenvalue weighted by Gasteiger charge is -2.14. The molecule has 0 saturated carbocycles. The summed E-state index contributed by atoms with van der Waals surface area (Å²) in [5, 5.41) is 4.18. The van der Waals surface area contributed by atoms with Gasteiger partial charge in [-0.05, 0) is 36.8 Å². The van der Waals surface area contributed by atoms with Gasteiger partial charge in [0.05, 0.1) is 11.1 Å². The van der Waals surface area contributed by atoms with Crippen molar-refractivity contribution in [3.63, 3.8) is 0 Å². The summed E-state index contributed by atoms with van der Waals surface area (Å²) in [6, 6.07) is 7.08. The number of anilines is 1. The molecule has 0 aliphatic carbocycles. The van der Waals surface area contributed by atoms with Gasteiger partial charge in [-0.25, -0.2) is 4.79 Å². The fourth-order valence-electron chi connectivity index (χ4n) is 2.09. The van der Waals surface area contributed by atoms with Crippen LogP contribution in [-0.4, -0.2) is 6.03 Å². The number of amides is 2. The highest BCUT2D eigenvalue weighted by atomic mass is 19.4. The monoisotopic (exact) mass is 388 g/mol. The first-order chi connectivity index (χ1) is 12.4. The van der Waals surface area contributed by atoms with Crippen molar-refractivity contribution in [2.24, 2.45) is 0 Å². The lowest BCUT2D eigenvalue weighted by Crippen LogP contribution is -2.24. The molecule has 2 rings (SSSR count). The van der Waals surface area contributed by atoms with Crippen molar-refractivity contribution < 1.29 is 31.1 Å². The van der Waals surface area contributed by atoms with Gasteiger partial charge in [0.25, 0.3) is 0 Å². The largest absolute Gasteiger partial charge is 0.416 e. The van der Waals surface area contributed by atoms with Crippen LogP contribution < -0.4 is 10.6 Å². The Morgan fingerprint density at radius 2 is 1.41 bits per heavy atom. The predicted molar refractivity (Wildman–Crippen MR) is 88.8 cm³/mol. The van der Waals surface area contributed by atoms with Gasteiger partial charge in [-0.15, -0.1) is 0 Å². The van der Waals surface area contributed by atoms with Gasteiger partial charge in [-0.3, -0.25) is 0 Å². The Morgan fingerprint density at radius 3 is 1.89 bits per heavy atom. The molecule has 0 aromatic heterocycles. The molecule has 0 saturated heterocycles. The van der Waals surface area contributed by atoms with E-state index in [1.165, 1.54) is 12.3 Å². The van der Waals surface area contributed by atoms with E-state index in [9.17, 15) is 31.1 Å². The van der Waals surface area contributed by atoms with Crippen LogP contribution in [0.5, 0.6) is 0 Å². The molecular weight excluding hydrogens is 374 g/mol. The number of hydrogen-bond acceptors (Lipinski definition) is 1. The average Bonchev–Trinajstić information content (AvgIpc) is 2.55. The first-order valence-corrected chi connectivity index (χ1v) is 7.55. The van der Waals surface area contributed by atoms with Crippen molar-refractivity contribution in [2.45, 2.75) is 19.3 Å². The van der Waals surface area contributed by atoms with E-state index in [1.54, 1.807) is 12.1 Å². The van der Waals surface area contributed by atoms with E-state index in [0.717, 1.165) is 11.1 Å². The van der Waals surface area contributed by atoms with Crippen molar-refractivity contribution in [1.82, 2.24) is 5.32 Å². The number of benzene rings is 2. The summed E-state index contributed by atoms with van der Waals surface area (Å²) in [7, 11) is 0. The number of carbonyl (C=O) groups is 1. The fourth-order valence-corrected chi connectivity index (χ4v) is 2.09. The summed E-state index contributed by atoms with van der Waals surface area (Å²) in [5.41, 5.74) is -1.87. The van der Waals surface area contributed by atoms with Gasteiger partial charge in [-0.2, -0.15) is 26.3 Å². The number of rotatable bonds is 3. The molecule has 0 spiro atoms. The minimum Gasteiger partial charge on any atom is -0.314 e. The highest BCUT2D eigenvalue weighted by Gasteiger charge is 2.37. The van der Waals surface area contributed by atoms with E-state index in [4.69, 9.17) is 0 Å².